The van der Waals surface area contributed by atoms with Crippen LogP contribution in [0.1, 0.15) is 28.7 Å². The Morgan fingerprint density at radius 1 is 1.26 bits per heavy atom. The summed E-state index contributed by atoms with van der Waals surface area (Å²) >= 11 is 3.23. The zero-order valence-corrected chi connectivity index (χ0v) is 18.9. The number of guanidine groups is 1. The molecular weight excluding hydrogens is 424 g/mol. The summed E-state index contributed by atoms with van der Waals surface area (Å²) in [5, 5.41) is 13.3. The van der Waals surface area contributed by atoms with Crippen molar-refractivity contribution >= 4 is 40.6 Å². The van der Waals surface area contributed by atoms with Crippen LogP contribution in [0.3, 0.4) is 0 Å². The molecule has 0 spiro atoms. The Bertz CT molecular complexity index is 1200. The first-order chi connectivity index (χ1) is 14.9. The number of thiophene rings is 2. The van der Waals surface area contributed by atoms with E-state index >= 15 is 0 Å². The van der Waals surface area contributed by atoms with Gasteiger partial charge in [0.15, 0.2) is 5.96 Å². The first-order valence-corrected chi connectivity index (χ1v) is 11.6. The van der Waals surface area contributed by atoms with Gasteiger partial charge in [0.1, 0.15) is 5.54 Å². The fourth-order valence-electron chi connectivity index (χ4n) is 3.76. The molecule has 3 aromatic rings. The zero-order chi connectivity index (χ0) is 22.0. The second-order valence-electron chi connectivity index (χ2n) is 7.61. The maximum Gasteiger partial charge on any atom is 0.235 e. The van der Waals surface area contributed by atoms with E-state index in [2.05, 4.69) is 12.1 Å². The van der Waals surface area contributed by atoms with Crippen molar-refractivity contribution in [2.75, 3.05) is 7.05 Å². The quantitative estimate of drug-likeness (QED) is 0.594. The van der Waals surface area contributed by atoms with Crippen molar-refractivity contribution in [3.8, 4) is 17.2 Å². The Balaban J connectivity index is 1.70. The number of carbonyl (C=O) groups is 1. The van der Waals surface area contributed by atoms with Crippen molar-refractivity contribution in [3.05, 3.63) is 74.6 Å². The van der Waals surface area contributed by atoms with Crippen LogP contribution in [0.2, 0.25) is 0 Å². The number of amides is 1. The van der Waals surface area contributed by atoms with E-state index in [1.165, 1.54) is 4.90 Å². The van der Waals surface area contributed by atoms with Crippen molar-refractivity contribution in [1.82, 2.24) is 4.90 Å². The van der Waals surface area contributed by atoms with Gasteiger partial charge >= 0.3 is 0 Å². The molecular formula is C24H22N4OS2. The number of aliphatic imine (C=N–C) groups is 1. The van der Waals surface area contributed by atoms with Gasteiger partial charge in [-0.05, 0) is 65.6 Å². The minimum atomic E-state index is -0.761. The fourth-order valence-corrected chi connectivity index (χ4v) is 5.49. The van der Waals surface area contributed by atoms with Crippen molar-refractivity contribution in [1.29, 1.82) is 5.26 Å². The van der Waals surface area contributed by atoms with Gasteiger partial charge < -0.3 is 5.73 Å². The highest BCUT2D eigenvalue weighted by Gasteiger charge is 2.46. The molecule has 0 aliphatic carbocycles. The Kier molecular flexibility index (Phi) is 5.77. The lowest BCUT2D eigenvalue weighted by atomic mass is 9.79. The van der Waals surface area contributed by atoms with Gasteiger partial charge in [0.05, 0.1) is 17.6 Å². The molecule has 1 aliphatic heterocycles. The topological polar surface area (TPSA) is 82.5 Å². The lowest BCUT2D eigenvalue weighted by Crippen LogP contribution is -2.53. The van der Waals surface area contributed by atoms with E-state index in [1.54, 1.807) is 35.8 Å². The molecule has 2 atom stereocenters. The molecule has 2 N–H and O–H groups in total. The second kappa shape index (κ2) is 8.50. The van der Waals surface area contributed by atoms with Gasteiger partial charge in [0.25, 0.3) is 0 Å². The van der Waals surface area contributed by atoms with Crippen LogP contribution in [0.15, 0.2) is 64.3 Å². The molecule has 3 heterocycles. The SMILES string of the molecule is CN1C(=O)[C@H](CC=Cc2cccs2)[C@@](C)(c2cc(-c3cccc(C#N)c3)cs2)N=C1N. The summed E-state index contributed by atoms with van der Waals surface area (Å²) in [7, 11) is 1.67. The average Bonchev–Trinajstić information content (AvgIpc) is 3.47. The van der Waals surface area contributed by atoms with Gasteiger partial charge in [-0.25, -0.2) is 4.99 Å². The molecule has 0 fully saturated rings. The van der Waals surface area contributed by atoms with E-state index in [-0.39, 0.29) is 17.8 Å². The van der Waals surface area contributed by atoms with Crippen LogP contribution in [0.5, 0.6) is 0 Å². The summed E-state index contributed by atoms with van der Waals surface area (Å²) in [6.07, 6.45) is 4.65. The highest BCUT2D eigenvalue weighted by Crippen LogP contribution is 2.44. The lowest BCUT2D eigenvalue weighted by molar-refractivity contribution is -0.133. The highest BCUT2D eigenvalue weighted by atomic mass is 32.1. The Morgan fingerprint density at radius 3 is 2.84 bits per heavy atom. The summed E-state index contributed by atoms with van der Waals surface area (Å²) in [5.74, 6) is -0.169. The highest BCUT2D eigenvalue weighted by molar-refractivity contribution is 7.11. The van der Waals surface area contributed by atoms with Crippen LogP contribution >= 0.6 is 22.7 Å². The molecule has 4 rings (SSSR count). The predicted molar refractivity (Wildman–Crippen MR) is 128 cm³/mol. The van der Waals surface area contributed by atoms with E-state index in [9.17, 15) is 10.1 Å². The lowest BCUT2D eigenvalue weighted by Gasteiger charge is -2.39. The maximum absolute atomic E-state index is 13.2. The number of nitrogens with zero attached hydrogens (tertiary/aromatic N) is 3. The van der Waals surface area contributed by atoms with E-state index in [0.29, 0.717) is 12.0 Å². The molecule has 5 nitrogen and oxygen atoms in total. The molecule has 0 bridgehead atoms. The molecule has 1 aromatic carbocycles. The summed E-state index contributed by atoms with van der Waals surface area (Å²) in [5.41, 5.74) is 7.94. The Morgan fingerprint density at radius 2 is 2.10 bits per heavy atom. The van der Waals surface area contributed by atoms with Crippen LogP contribution in [-0.2, 0) is 10.3 Å². The van der Waals surface area contributed by atoms with Crippen molar-refractivity contribution < 1.29 is 4.79 Å². The first-order valence-electron chi connectivity index (χ1n) is 9.85. The normalized spacial score (nSPS) is 21.3. The summed E-state index contributed by atoms with van der Waals surface area (Å²) in [4.78, 5) is 21.5. The standard InChI is InChI=1S/C24H22N4OS2/c1-24(21-13-18(15-31-21)17-7-3-6-16(12-17)14-25)20(22(29)28(2)23(26)27-24)10-4-8-19-9-5-11-30-19/h3-9,11-13,15,20H,10H2,1-2H3,(H2,26,27)/t20-,24-/m0/s1. The van der Waals surface area contributed by atoms with Crippen LogP contribution in [-0.4, -0.2) is 23.8 Å². The van der Waals surface area contributed by atoms with Gasteiger partial charge in [0, 0.05) is 16.8 Å². The van der Waals surface area contributed by atoms with Gasteiger partial charge in [-0.2, -0.15) is 5.26 Å². The van der Waals surface area contributed by atoms with E-state index in [1.807, 2.05) is 60.2 Å². The maximum atomic E-state index is 13.2. The number of allylic oxidation sites excluding steroid dienone is 1. The van der Waals surface area contributed by atoms with Gasteiger partial charge in [-0.15, -0.1) is 22.7 Å². The molecule has 0 unspecified atom stereocenters. The first kappa shape index (κ1) is 21.0. The number of hydrogen-bond donors (Lipinski definition) is 1. The average molecular weight is 447 g/mol. The molecule has 2 aromatic heterocycles. The predicted octanol–water partition coefficient (Wildman–Crippen LogP) is 5.07. The fraction of sp³-hybridized carbons (Fsp3) is 0.208. The minimum Gasteiger partial charge on any atom is -0.369 e. The molecule has 156 valence electrons. The monoisotopic (exact) mass is 446 g/mol. The van der Waals surface area contributed by atoms with Crippen LogP contribution in [0.25, 0.3) is 17.2 Å². The summed E-state index contributed by atoms with van der Waals surface area (Å²) in [6.45, 7) is 1.98. The number of nitriles is 1. The van der Waals surface area contributed by atoms with Gasteiger partial charge in [-0.1, -0.05) is 24.3 Å². The Labute approximate surface area is 189 Å². The molecule has 0 saturated carbocycles. The smallest absolute Gasteiger partial charge is 0.235 e. The van der Waals surface area contributed by atoms with E-state index < -0.39 is 5.54 Å². The molecule has 31 heavy (non-hydrogen) atoms. The van der Waals surface area contributed by atoms with Crippen LogP contribution in [0, 0.1) is 17.2 Å². The minimum absolute atomic E-state index is 0.0349. The molecule has 1 amide bonds. The molecule has 0 saturated heterocycles. The van der Waals surface area contributed by atoms with Crippen LogP contribution in [0.4, 0.5) is 0 Å². The zero-order valence-electron chi connectivity index (χ0n) is 17.3. The molecule has 0 radical (unpaired) electrons. The second-order valence-corrected chi connectivity index (χ2v) is 9.50. The third-order valence-corrected chi connectivity index (χ3v) is 7.61. The van der Waals surface area contributed by atoms with Gasteiger partial charge in [0.2, 0.25) is 5.91 Å². The molecule has 7 heteroatoms. The van der Waals surface area contributed by atoms with Crippen molar-refractivity contribution in [3.63, 3.8) is 0 Å². The van der Waals surface area contributed by atoms with E-state index in [4.69, 9.17) is 10.7 Å². The van der Waals surface area contributed by atoms with Gasteiger partial charge in [-0.3, -0.25) is 9.69 Å². The number of rotatable bonds is 5. The number of hydrogen-bond acceptors (Lipinski definition) is 6. The van der Waals surface area contributed by atoms with Crippen molar-refractivity contribution in [2.24, 2.45) is 16.6 Å². The number of benzene rings is 1. The molecule has 1 aliphatic rings. The summed E-state index contributed by atoms with van der Waals surface area (Å²) < 4.78 is 0. The summed E-state index contributed by atoms with van der Waals surface area (Å²) in [6, 6.07) is 15.8. The Hall–Kier alpha value is -3.21. The van der Waals surface area contributed by atoms with E-state index in [0.717, 1.165) is 20.9 Å². The third-order valence-electron chi connectivity index (χ3n) is 5.62. The third kappa shape index (κ3) is 4.05. The van der Waals surface area contributed by atoms with Crippen molar-refractivity contribution in [2.45, 2.75) is 18.9 Å². The largest absolute Gasteiger partial charge is 0.369 e. The number of nitrogens with two attached hydrogens (primary N) is 1. The number of carbonyl (C=O) groups excluding carboxylic acids is 1. The van der Waals surface area contributed by atoms with Crippen LogP contribution < -0.4 is 5.73 Å².